The van der Waals surface area contributed by atoms with Crippen molar-refractivity contribution in [3.63, 3.8) is 0 Å². The van der Waals surface area contributed by atoms with Crippen molar-refractivity contribution in [2.75, 3.05) is 6.61 Å². The molecule has 1 atom stereocenters. The Bertz CT molecular complexity index is 1260. The van der Waals surface area contributed by atoms with Crippen molar-refractivity contribution in [1.82, 2.24) is 4.98 Å². The van der Waals surface area contributed by atoms with E-state index in [2.05, 4.69) is 4.98 Å². The van der Waals surface area contributed by atoms with E-state index in [1.165, 1.54) is 18.1 Å². The smallest absolute Gasteiger partial charge is 0.416 e. The fourth-order valence-electron chi connectivity index (χ4n) is 6.07. The lowest BCUT2D eigenvalue weighted by Crippen LogP contribution is -2.15. The number of alkyl halides is 3. The van der Waals surface area contributed by atoms with E-state index < -0.39 is 11.7 Å². The second kappa shape index (κ2) is 10.8. The predicted octanol–water partition coefficient (Wildman–Crippen LogP) is 7.87. The number of aromatic nitrogens is 1. The Morgan fingerprint density at radius 1 is 1.05 bits per heavy atom. The van der Waals surface area contributed by atoms with Gasteiger partial charge in [-0.2, -0.15) is 13.2 Å². The molecular weight excluding hydrogens is 479 g/mol. The number of aryl methyl sites for hydroxylation is 1. The average Bonchev–Trinajstić information content (AvgIpc) is 3.43. The standard InChI is InChI=1S/C30H34F3NO3/c1-2-36-28(35)16-22-10-12-24-25-17-23(11-13-27(25)34-29(22)24)37-18-20-8-9-21(26(15-20)30(31,32)33)14-19-6-4-3-5-7-19/h8-9,11,13,15,17,19,22,34H,2-7,10,12,14,16,18H2,1H3. The summed E-state index contributed by atoms with van der Waals surface area (Å²) in [5, 5.41) is 1.04. The van der Waals surface area contributed by atoms with Crippen LogP contribution in [-0.2, 0) is 35.2 Å². The maximum Gasteiger partial charge on any atom is 0.416 e. The first-order valence-electron chi connectivity index (χ1n) is 13.4. The summed E-state index contributed by atoms with van der Waals surface area (Å²) in [7, 11) is 0. The van der Waals surface area contributed by atoms with Crippen molar-refractivity contribution >= 4 is 16.9 Å². The number of hydrogen-bond acceptors (Lipinski definition) is 3. The van der Waals surface area contributed by atoms with Gasteiger partial charge in [-0.3, -0.25) is 4.79 Å². The molecule has 1 aromatic heterocycles. The highest BCUT2D eigenvalue weighted by molar-refractivity contribution is 5.87. The third-order valence-corrected chi connectivity index (χ3v) is 7.90. The van der Waals surface area contributed by atoms with E-state index in [0.29, 0.717) is 42.2 Å². The summed E-state index contributed by atoms with van der Waals surface area (Å²) in [5.74, 6) is 0.872. The Kier molecular flexibility index (Phi) is 7.50. The van der Waals surface area contributed by atoms with Crippen molar-refractivity contribution in [3.05, 3.63) is 64.3 Å². The lowest BCUT2D eigenvalue weighted by Gasteiger charge is -2.23. The number of ether oxygens (including phenoxy) is 2. The lowest BCUT2D eigenvalue weighted by molar-refractivity contribution is -0.143. The Morgan fingerprint density at radius 2 is 1.86 bits per heavy atom. The van der Waals surface area contributed by atoms with Crippen molar-refractivity contribution in [2.45, 2.75) is 83.4 Å². The van der Waals surface area contributed by atoms with E-state index in [1.54, 1.807) is 19.1 Å². The molecule has 1 fully saturated rings. The number of hydrogen-bond donors (Lipinski definition) is 1. The third-order valence-electron chi connectivity index (χ3n) is 7.90. The van der Waals surface area contributed by atoms with Crippen LogP contribution in [0.3, 0.4) is 0 Å². The fraction of sp³-hybridized carbons (Fsp3) is 0.500. The zero-order valence-electron chi connectivity index (χ0n) is 21.3. The molecule has 2 aliphatic carbocycles. The molecule has 1 N–H and O–H groups in total. The summed E-state index contributed by atoms with van der Waals surface area (Å²) in [6.45, 7) is 2.24. The monoisotopic (exact) mass is 513 g/mol. The first-order chi connectivity index (χ1) is 17.8. The van der Waals surface area contributed by atoms with Gasteiger partial charge in [-0.25, -0.2) is 0 Å². The van der Waals surface area contributed by atoms with Crippen LogP contribution < -0.4 is 4.74 Å². The van der Waals surface area contributed by atoms with Gasteiger partial charge in [0, 0.05) is 22.5 Å². The average molecular weight is 514 g/mol. The van der Waals surface area contributed by atoms with Crippen LogP contribution in [0.1, 0.15) is 85.7 Å². The molecule has 1 heterocycles. The van der Waals surface area contributed by atoms with Crippen LogP contribution in [0.4, 0.5) is 13.2 Å². The maximum absolute atomic E-state index is 13.9. The number of H-pyrrole nitrogens is 1. The summed E-state index contributed by atoms with van der Waals surface area (Å²) in [5.41, 5.74) is 3.59. The summed E-state index contributed by atoms with van der Waals surface area (Å²) in [4.78, 5) is 15.4. The number of carbonyl (C=O) groups excluding carboxylic acids is 1. The van der Waals surface area contributed by atoms with Crippen molar-refractivity contribution in [1.29, 1.82) is 0 Å². The molecule has 198 valence electrons. The van der Waals surface area contributed by atoms with Crippen LogP contribution in [-0.4, -0.2) is 17.6 Å². The van der Waals surface area contributed by atoms with Crippen LogP contribution >= 0.6 is 0 Å². The lowest BCUT2D eigenvalue weighted by atomic mass is 9.83. The van der Waals surface area contributed by atoms with E-state index in [9.17, 15) is 18.0 Å². The van der Waals surface area contributed by atoms with Gasteiger partial charge in [0.15, 0.2) is 0 Å². The number of halogens is 3. The number of aromatic amines is 1. The van der Waals surface area contributed by atoms with Crippen LogP contribution in [0.25, 0.3) is 10.9 Å². The van der Waals surface area contributed by atoms with Crippen molar-refractivity contribution < 1.29 is 27.4 Å². The molecule has 0 spiro atoms. The van der Waals surface area contributed by atoms with Gasteiger partial charge in [-0.1, -0.05) is 44.2 Å². The van der Waals surface area contributed by atoms with Gasteiger partial charge >= 0.3 is 12.1 Å². The molecule has 2 aliphatic rings. The molecule has 0 saturated heterocycles. The Hall–Kier alpha value is -2.96. The molecule has 2 aromatic carbocycles. The summed E-state index contributed by atoms with van der Waals surface area (Å²) in [6, 6.07) is 10.4. The van der Waals surface area contributed by atoms with E-state index in [4.69, 9.17) is 9.47 Å². The van der Waals surface area contributed by atoms with Crippen molar-refractivity contribution in [3.8, 4) is 5.75 Å². The van der Waals surface area contributed by atoms with E-state index >= 15 is 0 Å². The van der Waals surface area contributed by atoms with E-state index in [1.807, 2.05) is 18.2 Å². The summed E-state index contributed by atoms with van der Waals surface area (Å²) >= 11 is 0. The van der Waals surface area contributed by atoms with Crippen LogP contribution in [0, 0.1) is 5.92 Å². The molecular formula is C30H34F3NO3. The van der Waals surface area contributed by atoms with Gasteiger partial charge in [0.1, 0.15) is 12.4 Å². The zero-order valence-corrected chi connectivity index (χ0v) is 21.3. The van der Waals surface area contributed by atoms with Crippen LogP contribution in [0.5, 0.6) is 5.75 Å². The second-order valence-corrected chi connectivity index (χ2v) is 10.5. The maximum atomic E-state index is 13.9. The molecule has 0 bridgehead atoms. The first-order valence-corrected chi connectivity index (χ1v) is 13.4. The molecule has 1 unspecified atom stereocenters. The highest BCUT2D eigenvalue weighted by Crippen LogP contribution is 2.41. The quantitative estimate of drug-likeness (QED) is 0.312. The van der Waals surface area contributed by atoms with Gasteiger partial charge in [0.2, 0.25) is 0 Å². The van der Waals surface area contributed by atoms with Gasteiger partial charge in [-0.05, 0) is 73.1 Å². The van der Waals surface area contributed by atoms with Gasteiger partial charge < -0.3 is 14.5 Å². The minimum atomic E-state index is -4.38. The second-order valence-electron chi connectivity index (χ2n) is 10.5. The molecule has 0 amide bonds. The molecule has 0 aliphatic heterocycles. The summed E-state index contributed by atoms with van der Waals surface area (Å²) in [6.07, 6.45) is 3.63. The molecule has 3 aromatic rings. The summed E-state index contributed by atoms with van der Waals surface area (Å²) < 4.78 is 52.7. The van der Waals surface area contributed by atoms with Crippen molar-refractivity contribution in [2.24, 2.45) is 5.92 Å². The fourth-order valence-corrected chi connectivity index (χ4v) is 6.07. The largest absolute Gasteiger partial charge is 0.489 e. The number of esters is 1. The Balaban J connectivity index is 1.30. The molecule has 7 heteroatoms. The molecule has 5 rings (SSSR count). The molecule has 0 radical (unpaired) electrons. The van der Waals surface area contributed by atoms with Gasteiger partial charge in [0.05, 0.1) is 18.6 Å². The molecule has 4 nitrogen and oxygen atoms in total. The zero-order chi connectivity index (χ0) is 26.0. The topological polar surface area (TPSA) is 51.3 Å². The highest BCUT2D eigenvalue weighted by Gasteiger charge is 2.34. The van der Waals surface area contributed by atoms with E-state index in [-0.39, 0.29) is 18.5 Å². The third kappa shape index (κ3) is 5.81. The predicted molar refractivity (Wildman–Crippen MR) is 137 cm³/mol. The van der Waals surface area contributed by atoms with Gasteiger partial charge in [0.25, 0.3) is 0 Å². The molecule has 1 saturated carbocycles. The minimum absolute atomic E-state index is 0.0659. The molecule has 37 heavy (non-hydrogen) atoms. The van der Waals surface area contributed by atoms with Crippen LogP contribution in [0.15, 0.2) is 36.4 Å². The number of fused-ring (bicyclic) bond motifs is 3. The normalized spacial score (nSPS) is 18.2. The number of carbonyl (C=O) groups is 1. The number of nitrogens with one attached hydrogen (secondary N) is 1. The first kappa shape index (κ1) is 25.7. The van der Waals surface area contributed by atoms with Crippen LogP contribution in [0.2, 0.25) is 0 Å². The van der Waals surface area contributed by atoms with E-state index in [0.717, 1.165) is 55.1 Å². The Labute approximate surface area is 215 Å². The SMILES string of the molecule is CCOC(=O)CC1CCc2c1[nH]c1ccc(OCc3ccc(CC4CCCCC4)c(C(F)(F)F)c3)cc21. The number of rotatable bonds is 8. The highest BCUT2D eigenvalue weighted by atomic mass is 19.4. The number of benzene rings is 2. The Morgan fingerprint density at radius 3 is 2.62 bits per heavy atom. The minimum Gasteiger partial charge on any atom is -0.489 e. The van der Waals surface area contributed by atoms with Gasteiger partial charge in [-0.15, -0.1) is 0 Å².